The summed E-state index contributed by atoms with van der Waals surface area (Å²) in [6.45, 7) is 0. The third-order valence-corrected chi connectivity index (χ3v) is 3.76. The van der Waals surface area contributed by atoms with E-state index in [0.717, 1.165) is 5.69 Å². The first kappa shape index (κ1) is 15.3. The Kier molecular flexibility index (Phi) is 4.40. The fourth-order valence-corrected chi connectivity index (χ4v) is 2.48. The first-order valence-electron chi connectivity index (χ1n) is 7.05. The van der Waals surface area contributed by atoms with Gasteiger partial charge >= 0.3 is 0 Å². The van der Waals surface area contributed by atoms with Gasteiger partial charge in [-0.25, -0.2) is 4.39 Å². The number of aromatic nitrogens is 1. The molecule has 2 nitrogen and oxygen atoms in total. The van der Waals surface area contributed by atoms with Gasteiger partial charge in [-0.3, -0.25) is 4.79 Å². The summed E-state index contributed by atoms with van der Waals surface area (Å²) in [6.07, 6.45) is 6.54. The number of benzene rings is 2. The number of nitrogens with zero attached hydrogens (tertiary/aromatic N) is 1. The Labute approximate surface area is 138 Å². The highest BCUT2D eigenvalue weighted by atomic mass is 35.5. The molecule has 0 amide bonds. The van der Waals surface area contributed by atoms with E-state index in [4.69, 9.17) is 11.6 Å². The van der Waals surface area contributed by atoms with E-state index >= 15 is 0 Å². The van der Waals surface area contributed by atoms with Crippen molar-refractivity contribution in [3.8, 4) is 5.69 Å². The van der Waals surface area contributed by atoms with Gasteiger partial charge in [0.25, 0.3) is 0 Å². The molecule has 3 rings (SSSR count). The average molecular weight is 326 g/mol. The Morgan fingerprint density at radius 3 is 2.52 bits per heavy atom. The van der Waals surface area contributed by atoms with Gasteiger partial charge in [-0.15, -0.1) is 0 Å². The van der Waals surface area contributed by atoms with E-state index in [1.165, 1.54) is 24.3 Å². The van der Waals surface area contributed by atoms with Crippen LogP contribution in [0.25, 0.3) is 11.8 Å². The van der Waals surface area contributed by atoms with Gasteiger partial charge in [0.05, 0.1) is 5.02 Å². The van der Waals surface area contributed by atoms with E-state index in [2.05, 4.69) is 0 Å². The first-order chi connectivity index (χ1) is 11.1. The van der Waals surface area contributed by atoms with Gasteiger partial charge in [-0.2, -0.15) is 0 Å². The highest BCUT2D eigenvalue weighted by Crippen LogP contribution is 2.21. The molecular weight excluding hydrogens is 313 g/mol. The number of ketones is 1. The summed E-state index contributed by atoms with van der Waals surface area (Å²) < 4.78 is 15.6. The van der Waals surface area contributed by atoms with Crippen LogP contribution in [0.4, 0.5) is 4.39 Å². The van der Waals surface area contributed by atoms with Crippen molar-refractivity contribution in [2.45, 2.75) is 0 Å². The molecule has 0 radical (unpaired) electrons. The minimum Gasteiger partial charge on any atom is -0.324 e. The lowest BCUT2D eigenvalue weighted by molar-refractivity contribution is 0.104. The number of hydrogen-bond acceptors (Lipinski definition) is 1. The summed E-state index contributed by atoms with van der Waals surface area (Å²) in [5.41, 5.74) is 1.63. The smallest absolute Gasteiger partial charge is 0.185 e. The lowest BCUT2D eigenvalue weighted by Crippen LogP contribution is -1.97. The monoisotopic (exact) mass is 325 g/mol. The van der Waals surface area contributed by atoms with Gasteiger partial charge in [0, 0.05) is 29.2 Å². The Balaban J connectivity index is 1.87. The van der Waals surface area contributed by atoms with Crippen LogP contribution >= 0.6 is 11.6 Å². The second-order valence-electron chi connectivity index (χ2n) is 4.97. The van der Waals surface area contributed by atoms with Crippen LogP contribution in [0.5, 0.6) is 0 Å². The van der Waals surface area contributed by atoms with Gasteiger partial charge in [-0.05, 0) is 48.6 Å². The number of hydrogen-bond donors (Lipinski definition) is 0. The molecule has 0 saturated carbocycles. The van der Waals surface area contributed by atoms with Crippen molar-refractivity contribution in [1.82, 2.24) is 4.57 Å². The van der Waals surface area contributed by atoms with E-state index in [9.17, 15) is 9.18 Å². The summed E-state index contributed by atoms with van der Waals surface area (Å²) in [7, 11) is 0. The maximum Gasteiger partial charge on any atom is 0.185 e. The average Bonchev–Trinajstić information content (AvgIpc) is 3.09. The number of allylic oxidation sites excluding steroid dienone is 1. The zero-order valence-corrected chi connectivity index (χ0v) is 12.9. The Hall–Kier alpha value is -2.65. The van der Waals surface area contributed by atoms with Gasteiger partial charge in [0.2, 0.25) is 0 Å². The molecule has 0 aliphatic carbocycles. The Bertz CT molecular complexity index is 849. The first-order valence-corrected chi connectivity index (χ1v) is 7.43. The second kappa shape index (κ2) is 6.63. The fraction of sp³-hybridized carbons (Fsp3) is 0. The van der Waals surface area contributed by atoms with Gasteiger partial charge < -0.3 is 4.57 Å². The second-order valence-corrected chi connectivity index (χ2v) is 5.38. The van der Waals surface area contributed by atoms with E-state index in [1.807, 2.05) is 41.2 Å². The van der Waals surface area contributed by atoms with Crippen LogP contribution in [-0.4, -0.2) is 10.4 Å². The third-order valence-electron chi connectivity index (χ3n) is 3.43. The van der Waals surface area contributed by atoms with Crippen molar-refractivity contribution in [1.29, 1.82) is 0 Å². The molecule has 4 heteroatoms. The number of rotatable bonds is 4. The SMILES string of the molecule is O=C(/C=C/c1c(F)cccc1Cl)c1cccc(-n2cccc2)c1. The van der Waals surface area contributed by atoms with E-state index in [1.54, 1.807) is 18.2 Å². The summed E-state index contributed by atoms with van der Waals surface area (Å²) in [5, 5.41) is 0.273. The molecule has 0 atom stereocenters. The van der Waals surface area contributed by atoms with Crippen LogP contribution in [0.3, 0.4) is 0 Å². The number of halogens is 2. The van der Waals surface area contributed by atoms with Crippen molar-refractivity contribution >= 4 is 23.5 Å². The molecule has 0 bridgehead atoms. The van der Waals surface area contributed by atoms with E-state index in [-0.39, 0.29) is 16.4 Å². The predicted molar refractivity (Wildman–Crippen MR) is 90.5 cm³/mol. The molecule has 0 aliphatic rings. The topological polar surface area (TPSA) is 22.0 Å². The standard InChI is InChI=1S/C19H13ClFNO/c20-17-7-4-8-18(21)16(17)9-10-19(23)14-5-3-6-15(13-14)22-11-1-2-12-22/h1-13H/b10-9+. The van der Waals surface area contributed by atoms with Crippen LogP contribution < -0.4 is 0 Å². The van der Waals surface area contributed by atoms with Crippen LogP contribution in [0.2, 0.25) is 5.02 Å². The maximum atomic E-state index is 13.7. The van der Waals surface area contributed by atoms with E-state index < -0.39 is 5.82 Å². The molecule has 0 unspecified atom stereocenters. The van der Waals surface area contributed by atoms with Crippen molar-refractivity contribution in [2.75, 3.05) is 0 Å². The minimum absolute atomic E-state index is 0.210. The van der Waals surface area contributed by atoms with Crippen LogP contribution in [0.15, 0.2) is 73.1 Å². The molecule has 114 valence electrons. The molecule has 0 saturated heterocycles. The van der Waals surface area contributed by atoms with Crippen LogP contribution in [-0.2, 0) is 0 Å². The molecule has 0 aliphatic heterocycles. The quantitative estimate of drug-likeness (QED) is 0.479. The molecule has 23 heavy (non-hydrogen) atoms. The normalized spacial score (nSPS) is 11.0. The zero-order chi connectivity index (χ0) is 16.2. The Morgan fingerprint density at radius 1 is 1.04 bits per heavy atom. The van der Waals surface area contributed by atoms with Crippen molar-refractivity contribution < 1.29 is 9.18 Å². The summed E-state index contributed by atoms with van der Waals surface area (Å²) >= 11 is 5.95. The zero-order valence-electron chi connectivity index (χ0n) is 12.1. The molecule has 3 aromatic rings. The number of carbonyl (C=O) groups excluding carboxylic acids is 1. The summed E-state index contributed by atoms with van der Waals surface area (Å²) in [5.74, 6) is -0.666. The summed E-state index contributed by atoms with van der Waals surface area (Å²) in [6, 6.07) is 15.5. The fourth-order valence-electron chi connectivity index (χ4n) is 2.25. The molecular formula is C19H13ClFNO. The van der Waals surface area contributed by atoms with Gasteiger partial charge in [-0.1, -0.05) is 29.8 Å². The van der Waals surface area contributed by atoms with E-state index in [0.29, 0.717) is 5.56 Å². The molecule has 2 aromatic carbocycles. The molecule has 1 aromatic heterocycles. The maximum absolute atomic E-state index is 13.7. The van der Waals surface area contributed by atoms with Crippen LogP contribution in [0, 0.1) is 5.82 Å². The molecule has 0 fully saturated rings. The Morgan fingerprint density at radius 2 is 1.78 bits per heavy atom. The molecule has 0 spiro atoms. The van der Waals surface area contributed by atoms with Gasteiger partial charge in [0.1, 0.15) is 5.82 Å². The minimum atomic E-state index is -0.456. The lowest BCUT2D eigenvalue weighted by atomic mass is 10.1. The lowest BCUT2D eigenvalue weighted by Gasteiger charge is -2.04. The van der Waals surface area contributed by atoms with Gasteiger partial charge in [0.15, 0.2) is 5.78 Å². The van der Waals surface area contributed by atoms with Crippen molar-refractivity contribution in [3.63, 3.8) is 0 Å². The van der Waals surface area contributed by atoms with Crippen molar-refractivity contribution in [3.05, 3.63) is 95.0 Å². The highest BCUT2D eigenvalue weighted by Gasteiger charge is 2.06. The third kappa shape index (κ3) is 3.41. The number of carbonyl (C=O) groups is 1. The van der Waals surface area contributed by atoms with Crippen LogP contribution in [0.1, 0.15) is 15.9 Å². The molecule has 0 N–H and O–H groups in total. The predicted octanol–water partition coefficient (Wildman–Crippen LogP) is 5.17. The van der Waals surface area contributed by atoms with Crippen molar-refractivity contribution in [2.24, 2.45) is 0 Å². The molecule has 1 heterocycles. The largest absolute Gasteiger partial charge is 0.324 e. The highest BCUT2D eigenvalue weighted by molar-refractivity contribution is 6.32. The summed E-state index contributed by atoms with van der Waals surface area (Å²) in [4.78, 5) is 12.3.